The molecule has 3 nitrogen and oxygen atoms in total. The van der Waals surface area contributed by atoms with Crippen molar-refractivity contribution in [1.82, 2.24) is 4.90 Å². The highest BCUT2D eigenvalue weighted by Gasteiger charge is 2.57. The topological polar surface area (TPSA) is 40.5 Å². The van der Waals surface area contributed by atoms with Gasteiger partial charge in [-0.1, -0.05) is 0 Å². The van der Waals surface area contributed by atoms with Gasteiger partial charge in [0.2, 0.25) is 5.91 Å². The zero-order valence-electron chi connectivity index (χ0n) is 14.5. The second kappa shape index (κ2) is 5.07. The molecule has 24 heavy (non-hydrogen) atoms. The number of rotatable bonds is 2. The van der Waals surface area contributed by atoms with Crippen LogP contribution in [0.25, 0.3) is 0 Å². The lowest BCUT2D eigenvalue weighted by atomic mass is 9.47. The first-order valence-electron chi connectivity index (χ1n) is 9.54. The molecule has 130 valence electrons. The van der Waals surface area contributed by atoms with E-state index in [1.807, 2.05) is 11.3 Å². The van der Waals surface area contributed by atoms with Gasteiger partial charge in [0.15, 0.2) is 0 Å². The third kappa shape index (κ3) is 2.29. The van der Waals surface area contributed by atoms with Gasteiger partial charge in [0.1, 0.15) is 0 Å². The van der Waals surface area contributed by atoms with Crippen LogP contribution in [-0.4, -0.2) is 28.1 Å². The largest absolute Gasteiger partial charge is 0.390 e. The van der Waals surface area contributed by atoms with Crippen molar-refractivity contribution in [3.63, 3.8) is 0 Å². The molecule has 4 bridgehead atoms. The lowest BCUT2D eigenvalue weighted by Crippen LogP contribution is -2.56. The van der Waals surface area contributed by atoms with E-state index in [4.69, 9.17) is 0 Å². The van der Waals surface area contributed by atoms with Crippen molar-refractivity contribution in [2.24, 2.45) is 17.3 Å². The van der Waals surface area contributed by atoms with Crippen LogP contribution in [0.2, 0.25) is 0 Å². The Morgan fingerprint density at radius 1 is 1.33 bits per heavy atom. The predicted molar refractivity (Wildman–Crippen MR) is 94.8 cm³/mol. The van der Waals surface area contributed by atoms with Gasteiger partial charge < -0.3 is 10.0 Å². The first kappa shape index (κ1) is 15.4. The van der Waals surface area contributed by atoms with E-state index >= 15 is 0 Å². The van der Waals surface area contributed by atoms with Crippen molar-refractivity contribution in [2.75, 3.05) is 6.54 Å². The molecule has 5 aliphatic rings. The van der Waals surface area contributed by atoms with Gasteiger partial charge >= 0.3 is 0 Å². The fraction of sp³-hybridized carbons (Fsp3) is 0.750. The van der Waals surface area contributed by atoms with Crippen molar-refractivity contribution in [1.29, 1.82) is 0 Å². The highest BCUT2D eigenvalue weighted by molar-refractivity contribution is 7.10. The quantitative estimate of drug-likeness (QED) is 0.883. The summed E-state index contributed by atoms with van der Waals surface area (Å²) in [5.74, 6) is 1.64. The molecule has 1 aromatic heterocycles. The average molecular weight is 346 g/mol. The maximum absolute atomic E-state index is 13.2. The Labute approximate surface area is 148 Å². The van der Waals surface area contributed by atoms with Gasteiger partial charge in [-0.15, -0.1) is 11.3 Å². The molecule has 6 rings (SSSR count). The molecule has 2 heterocycles. The number of aliphatic hydroxyl groups is 1. The summed E-state index contributed by atoms with van der Waals surface area (Å²) in [4.78, 5) is 16.7. The molecular weight excluding hydrogens is 318 g/mol. The number of thiophene rings is 1. The summed E-state index contributed by atoms with van der Waals surface area (Å²) >= 11 is 1.83. The molecule has 0 radical (unpaired) electrons. The van der Waals surface area contributed by atoms with E-state index in [0.717, 1.165) is 32.2 Å². The summed E-state index contributed by atoms with van der Waals surface area (Å²) in [5.41, 5.74) is 0.979. The van der Waals surface area contributed by atoms with Gasteiger partial charge in [0.25, 0.3) is 0 Å². The van der Waals surface area contributed by atoms with Crippen LogP contribution in [0.1, 0.15) is 68.4 Å². The van der Waals surface area contributed by atoms with Gasteiger partial charge in [0, 0.05) is 17.8 Å². The summed E-state index contributed by atoms with van der Waals surface area (Å²) in [6.07, 6.45) is 8.13. The fourth-order valence-electron chi connectivity index (χ4n) is 6.88. The number of nitrogens with zero attached hydrogens (tertiary/aromatic N) is 1. The van der Waals surface area contributed by atoms with Crippen molar-refractivity contribution in [2.45, 2.75) is 69.9 Å². The number of carbonyl (C=O) groups is 1. The van der Waals surface area contributed by atoms with E-state index in [1.54, 1.807) is 0 Å². The van der Waals surface area contributed by atoms with E-state index in [2.05, 4.69) is 23.3 Å². The van der Waals surface area contributed by atoms with Gasteiger partial charge in [-0.25, -0.2) is 0 Å². The molecule has 4 aliphatic carbocycles. The van der Waals surface area contributed by atoms with Crippen molar-refractivity contribution < 1.29 is 9.90 Å². The Morgan fingerprint density at radius 3 is 2.79 bits per heavy atom. The van der Waals surface area contributed by atoms with Crippen molar-refractivity contribution in [3.05, 3.63) is 21.9 Å². The average Bonchev–Trinajstić information content (AvgIpc) is 2.93. The van der Waals surface area contributed by atoms with E-state index in [-0.39, 0.29) is 11.5 Å². The van der Waals surface area contributed by atoms with Gasteiger partial charge in [0.05, 0.1) is 11.6 Å². The molecule has 0 spiro atoms. The number of fused-ring (bicyclic) bond motifs is 1. The fourth-order valence-corrected chi connectivity index (χ4v) is 7.84. The zero-order valence-corrected chi connectivity index (χ0v) is 15.3. The molecule has 1 N–H and O–H groups in total. The highest BCUT2D eigenvalue weighted by Crippen LogP contribution is 2.63. The molecule has 1 aliphatic heterocycles. The number of hydrogen-bond donors (Lipinski definition) is 1. The molecule has 3 atom stereocenters. The highest BCUT2D eigenvalue weighted by atomic mass is 32.1. The van der Waals surface area contributed by atoms with E-state index in [0.29, 0.717) is 24.2 Å². The maximum atomic E-state index is 13.2. The molecule has 4 fully saturated rings. The summed E-state index contributed by atoms with van der Waals surface area (Å²) in [6, 6.07) is 2.40. The van der Waals surface area contributed by atoms with Crippen LogP contribution in [0.15, 0.2) is 11.4 Å². The Hall–Kier alpha value is -0.870. The maximum Gasteiger partial charge on any atom is 0.223 e. The van der Waals surface area contributed by atoms with E-state index < -0.39 is 5.60 Å². The smallest absolute Gasteiger partial charge is 0.223 e. The summed E-state index contributed by atoms with van der Waals surface area (Å²) < 4.78 is 0. The third-order valence-corrected chi connectivity index (χ3v) is 8.27. The molecule has 0 saturated heterocycles. The minimum Gasteiger partial charge on any atom is -0.390 e. The SMILES string of the molecule is CC1c2ccsc2CCN1C(=O)CC12CC3CC(CC(O)(C3)C1)C2. The van der Waals surface area contributed by atoms with Crippen LogP contribution in [-0.2, 0) is 11.2 Å². The lowest BCUT2D eigenvalue weighted by Gasteiger charge is -2.60. The molecule has 1 amide bonds. The summed E-state index contributed by atoms with van der Waals surface area (Å²) in [6.45, 7) is 3.04. The Balaban J connectivity index is 1.36. The van der Waals surface area contributed by atoms with Crippen LogP contribution < -0.4 is 0 Å². The number of amides is 1. The molecule has 3 unspecified atom stereocenters. The minimum absolute atomic E-state index is 0.0879. The van der Waals surface area contributed by atoms with Crippen LogP contribution in [0.5, 0.6) is 0 Å². The van der Waals surface area contributed by atoms with E-state index in [1.165, 1.54) is 29.7 Å². The molecule has 0 aromatic carbocycles. The van der Waals surface area contributed by atoms with Crippen LogP contribution >= 0.6 is 11.3 Å². The van der Waals surface area contributed by atoms with Gasteiger partial charge in [-0.05, 0) is 86.1 Å². The standard InChI is InChI=1S/C20H27NO2S/c1-13-16-3-5-24-17(16)2-4-21(13)18(22)11-19-7-14-6-15(8-19)10-20(23,9-14)12-19/h3,5,13-15,23H,2,4,6-12H2,1H3. The van der Waals surface area contributed by atoms with Crippen LogP contribution in [0.4, 0.5) is 0 Å². The Morgan fingerprint density at radius 2 is 2.08 bits per heavy atom. The zero-order chi connectivity index (χ0) is 16.5. The monoisotopic (exact) mass is 345 g/mol. The van der Waals surface area contributed by atoms with Crippen LogP contribution in [0.3, 0.4) is 0 Å². The number of carbonyl (C=O) groups excluding carboxylic acids is 1. The third-order valence-electron chi connectivity index (χ3n) is 7.28. The van der Waals surface area contributed by atoms with Crippen molar-refractivity contribution in [3.8, 4) is 0 Å². The molecule has 4 saturated carbocycles. The van der Waals surface area contributed by atoms with E-state index in [9.17, 15) is 9.90 Å². The number of hydrogen-bond acceptors (Lipinski definition) is 3. The molecule has 1 aromatic rings. The minimum atomic E-state index is -0.460. The summed E-state index contributed by atoms with van der Waals surface area (Å²) in [7, 11) is 0. The molecular formula is C20H27NO2S. The summed E-state index contributed by atoms with van der Waals surface area (Å²) in [5, 5.41) is 13.1. The van der Waals surface area contributed by atoms with Crippen LogP contribution in [0, 0.1) is 17.3 Å². The Kier molecular flexibility index (Phi) is 3.25. The second-order valence-corrected chi connectivity index (χ2v) is 10.2. The first-order valence-corrected chi connectivity index (χ1v) is 10.4. The Bertz CT molecular complexity index is 667. The second-order valence-electron chi connectivity index (χ2n) is 9.17. The van der Waals surface area contributed by atoms with Gasteiger partial charge in [-0.3, -0.25) is 4.79 Å². The predicted octanol–water partition coefficient (Wildman–Crippen LogP) is 3.92. The first-order chi connectivity index (χ1) is 11.5. The van der Waals surface area contributed by atoms with Crippen molar-refractivity contribution >= 4 is 17.2 Å². The normalized spacial score (nSPS) is 43.1. The lowest BCUT2D eigenvalue weighted by molar-refractivity contribution is -0.172. The molecule has 4 heteroatoms. The van der Waals surface area contributed by atoms with Gasteiger partial charge in [-0.2, -0.15) is 0 Å².